The Morgan fingerprint density at radius 2 is 0.672 bits per heavy atom. The third-order valence-electron chi connectivity index (χ3n) is 18.1. The predicted octanol–water partition coefficient (Wildman–Crippen LogP) is 17.7. The van der Waals surface area contributed by atoms with E-state index in [0.717, 1.165) is 57.1 Å². The van der Waals surface area contributed by atoms with E-state index in [1.165, 1.54) is 9.80 Å². The first kappa shape index (κ1) is 110. The molecule has 2 aliphatic rings. The Balaban J connectivity index is 0.000000292. The second-order valence-electron chi connectivity index (χ2n) is 39.3. The SMILES string of the molecule is CC(C)(C)OC(=O)N[C@H](CCN)Cc1ccc(OC(C)(C)C)cc1.CC(C)(C)OC(=O)N[C@H](COS(C)(=O)=O)Cc1ccc(OC(C)(C)C)cc1.CC(C)Oc1ccc(C[C@@H](CCN2C(=O)c3ccccc3C2=O)NC(=O)OC(C)(C)C)cc1.N[C@H](CCN1C(=O)c2ccccc2C1=O)Cc1ccc(O)cc1.[C-]#[N+]C[C@H](Cc1ccc(OC(C)(C)C)cc1)NC(=O)OC(C)(C)C. The van der Waals surface area contributed by atoms with Crippen LogP contribution < -0.4 is 51.7 Å². The van der Waals surface area contributed by atoms with E-state index in [9.17, 15) is 51.9 Å². The quantitative estimate of drug-likeness (QED) is 0.00918. The highest BCUT2D eigenvalue weighted by Gasteiger charge is 2.37. The van der Waals surface area contributed by atoms with E-state index in [1.54, 1.807) is 102 Å². The van der Waals surface area contributed by atoms with Gasteiger partial charge in [-0.05, 0) is 323 Å². The molecule has 0 saturated carbocycles. The summed E-state index contributed by atoms with van der Waals surface area (Å²) in [5, 5.41) is 20.5. The molecule has 0 unspecified atom stereocenters. The molecule has 131 heavy (non-hydrogen) atoms. The van der Waals surface area contributed by atoms with E-state index < -0.39 is 62.9 Å². The molecule has 29 nitrogen and oxygen atoms in total. The number of rotatable bonds is 31. The monoisotopic (exact) mass is 1830 g/mol. The molecule has 2 heterocycles. The van der Waals surface area contributed by atoms with Crippen LogP contribution in [0.2, 0.25) is 0 Å². The summed E-state index contributed by atoms with van der Waals surface area (Å²) in [6, 6.07) is 49.9. The van der Waals surface area contributed by atoms with E-state index in [1.807, 2.05) is 227 Å². The number of nitrogens with zero attached hydrogens (tertiary/aromatic N) is 3. The van der Waals surface area contributed by atoms with Crippen molar-refractivity contribution in [3.05, 3.63) is 231 Å². The average Bonchev–Trinajstić information content (AvgIpc) is 1.64. The van der Waals surface area contributed by atoms with Gasteiger partial charge in [0.1, 0.15) is 74.0 Å². The van der Waals surface area contributed by atoms with Crippen LogP contribution in [0.1, 0.15) is 248 Å². The van der Waals surface area contributed by atoms with Crippen LogP contribution in [0.3, 0.4) is 0 Å². The molecule has 0 aliphatic carbocycles. The number of nitrogens with one attached hydrogen (secondary N) is 4. The lowest BCUT2D eigenvalue weighted by Crippen LogP contribution is -2.43. The standard InChI is InChI=1S/C26H32N2O5.C19H28N2O3.C19H32N2O3.C19H31NO6S.C18H18N2O3/c1-17(2)32-20-12-10-18(11-13-20)16-19(27-25(31)33-26(3,4)5)14-15-28-23(29)21-8-6-7-9-22(21)24(28)30;1-18(2,3)23-16-10-8-14(9-11-16)12-15(13-20-7)21-17(22)24-19(4,5)6;1-18(2,3)23-16-9-7-14(8-10-16)13-15(11-12-20)21-17(22)24-19(4,5)6;1-18(2,3)25-16-10-8-14(9-11-16)12-15(13-24-27(7,22)23)20-17(21)26-19(4,5)6;19-13(11-12-5-7-14(21)8-6-12)9-10-20-17(22)15-3-1-2-4-16(15)18(20)23/h6-13,17,19H,14-16H2,1-5H3,(H,27,31);8-11,15H,12-13H2,1-6H3,(H,21,22);7-10,15H,11-13,20H2,1-6H3,(H,21,22);8-11,15H,12-13H2,1-7H3,(H,20,21);1-8,13,21H,9-11,19H2/t19-;3*15-;13-/m10101/s1. The number of benzene rings is 7. The molecule has 30 heteroatoms. The topological polar surface area (TPSA) is 385 Å². The van der Waals surface area contributed by atoms with Crippen molar-refractivity contribution in [2.75, 3.05) is 39.0 Å². The highest BCUT2D eigenvalue weighted by molar-refractivity contribution is 7.86. The van der Waals surface area contributed by atoms with Gasteiger partial charge in [0.2, 0.25) is 6.54 Å². The van der Waals surface area contributed by atoms with Crippen molar-refractivity contribution in [3.63, 3.8) is 0 Å². The second-order valence-corrected chi connectivity index (χ2v) is 40.9. The van der Waals surface area contributed by atoms with Crippen molar-refractivity contribution in [3.8, 4) is 28.7 Å². The molecule has 7 aromatic carbocycles. The third kappa shape index (κ3) is 44.6. The Hall–Kier alpha value is -11.8. The number of fused-ring (bicyclic) bond motifs is 2. The lowest BCUT2D eigenvalue weighted by Gasteiger charge is -2.25. The van der Waals surface area contributed by atoms with Gasteiger partial charge in [-0.2, -0.15) is 8.42 Å². The maximum absolute atomic E-state index is 12.7. The summed E-state index contributed by atoms with van der Waals surface area (Å²) in [6.07, 6.45) is 3.40. The number of aromatic hydroxyl groups is 1. The van der Waals surface area contributed by atoms with Crippen molar-refractivity contribution in [1.29, 1.82) is 0 Å². The summed E-state index contributed by atoms with van der Waals surface area (Å²) in [4.78, 5) is 104. The Morgan fingerprint density at radius 1 is 0.397 bits per heavy atom. The Labute approximate surface area is 775 Å². The summed E-state index contributed by atoms with van der Waals surface area (Å²) in [6.45, 7) is 51.6. The molecule has 0 bridgehead atoms. The molecular weight excluding hydrogens is 1690 g/mol. The van der Waals surface area contributed by atoms with Crippen molar-refractivity contribution in [2.45, 2.75) is 286 Å². The molecule has 0 fully saturated rings. The van der Waals surface area contributed by atoms with E-state index >= 15 is 0 Å². The Kier molecular flexibility index (Phi) is 41.4. The van der Waals surface area contributed by atoms with Gasteiger partial charge in [-0.3, -0.25) is 33.2 Å². The molecule has 0 saturated heterocycles. The summed E-state index contributed by atoms with van der Waals surface area (Å²) in [7, 11) is -3.62. The van der Waals surface area contributed by atoms with Crippen LogP contribution in [0.5, 0.6) is 28.7 Å². The molecular formula is C101H141N9O20S. The minimum Gasteiger partial charge on any atom is -0.508 e. The number of imide groups is 2. The molecule has 7 aromatic rings. The number of phenols is 1. The highest BCUT2D eigenvalue weighted by Crippen LogP contribution is 2.29. The molecule has 2 aliphatic heterocycles. The molecule has 5 atom stereocenters. The van der Waals surface area contributed by atoms with Crippen LogP contribution in [0.25, 0.3) is 4.85 Å². The maximum Gasteiger partial charge on any atom is 0.408 e. The van der Waals surface area contributed by atoms with Crippen LogP contribution in [-0.2, 0) is 65.4 Å². The van der Waals surface area contributed by atoms with E-state index in [-0.39, 0.29) is 96.1 Å². The Bertz CT molecular complexity index is 4920. The molecule has 0 radical (unpaired) electrons. The van der Waals surface area contributed by atoms with Crippen LogP contribution in [0, 0.1) is 6.57 Å². The molecule has 9 rings (SSSR count). The van der Waals surface area contributed by atoms with Gasteiger partial charge in [-0.25, -0.2) is 25.8 Å². The number of ether oxygens (including phenoxy) is 8. The number of phenolic OH excluding ortho intramolecular Hbond substituents is 1. The minimum absolute atomic E-state index is 0.0563. The average molecular weight is 1830 g/mol. The third-order valence-corrected chi connectivity index (χ3v) is 18.6. The van der Waals surface area contributed by atoms with Gasteiger partial charge in [-0.1, -0.05) is 84.9 Å². The number of hydrogen-bond donors (Lipinski definition) is 7. The number of carbonyl (C=O) groups excluding carboxylic acids is 8. The van der Waals surface area contributed by atoms with Gasteiger partial charge in [0.15, 0.2) is 0 Å². The summed E-state index contributed by atoms with van der Waals surface area (Å²) < 4.78 is 71.8. The zero-order chi connectivity index (χ0) is 98.2. The first-order valence-electron chi connectivity index (χ1n) is 44.1. The minimum atomic E-state index is -3.62. The normalized spacial score (nSPS) is 13.8. The summed E-state index contributed by atoms with van der Waals surface area (Å²) in [5.74, 6) is 2.25. The smallest absolute Gasteiger partial charge is 0.408 e. The maximum atomic E-state index is 12.7. The fraction of sp³-hybridized carbons (Fsp3) is 0.495. The van der Waals surface area contributed by atoms with Crippen molar-refractivity contribution >= 4 is 58.1 Å². The first-order chi connectivity index (χ1) is 60.7. The van der Waals surface area contributed by atoms with Crippen LogP contribution in [0.15, 0.2) is 170 Å². The molecule has 0 spiro atoms. The van der Waals surface area contributed by atoms with Gasteiger partial charge in [0, 0.05) is 37.6 Å². The van der Waals surface area contributed by atoms with Crippen LogP contribution in [0.4, 0.5) is 19.2 Å². The zero-order valence-corrected chi connectivity index (χ0v) is 81.7. The summed E-state index contributed by atoms with van der Waals surface area (Å²) >= 11 is 0. The predicted molar refractivity (Wildman–Crippen MR) is 509 cm³/mol. The van der Waals surface area contributed by atoms with Gasteiger partial charge < -0.3 is 80.6 Å². The molecule has 8 amide bonds. The van der Waals surface area contributed by atoms with E-state index in [0.29, 0.717) is 86.7 Å². The van der Waals surface area contributed by atoms with Gasteiger partial charge >= 0.3 is 24.4 Å². The summed E-state index contributed by atoms with van der Waals surface area (Å²) in [5.41, 5.74) is 15.5. The fourth-order valence-corrected chi connectivity index (χ4v) is 13.3. The van der Waals surface area contributed by atoms with Crippen molar-refractivity contribution in [2.24, 2.45) is 11.5 Å². The zero-order valence-electron chi connectivity index (χ0n) is 80.9. The van der Waals surface area contributed by atoms with Crippen molar-refractivity contribution in [1.82, 2.24) is 31.1 Å². The number of hydrogen-bond acceptors (Lipinski definition) is 22. The number of carbonyl (C=O) groups is 8. The van der Waals surface area contributed by atoms with Crippen LogP contribution >= 0.6 is 0 Å². The molecule has 0 aromatic heterocycles. The molecule has 9 N–H and O–H groups in total. The van der Waals surface area contributed by atoms with E-state index in [4.69, 9.17) is 60.1 Å². The number of nitrogens with two attached hydrogens (primary N) is 2. The number of alkyl carbamates (subject to hydrolysis) is 4. The van der Waals surface area contributed by atoms with Crippen LogP contribution in [-0.4, -0.2) is 186 Å². The fourth-order valence-electron chi connectivity index (χ4n) is 12.9. The van der Waals surface area contributed by atoms with E-state index in [2.05, 4.69) is 26.1 Å². The Morgan fingerprint density at radius 3 is 0.969 bits per heavy atom. The van der Waals surface area contributed by atoms with Crippen molar-refractivity contribution < 1.29 is 94.0 Å². The first-order valence-corrected chi connectivity index (χ1v) is 45.9. The van der Waals surface area contributed by atoms with Gasteiger partial charge in [-0.15, -0.1) is 0 Å². The highest BCUT2D eigenvalue weighted by atomic mass is 32.2. The lowest BCUT2D eigenvalue weighted by atomic mass is 10.0. The van der Waals surface area contributed by atoms with Gasteiger partial charge in [0.05, 0.1) is 47.3 Å². The largest absolute Gasteiger partial charge is 0.508 e. The lowest BCUT2D eigenvalue weighted by molar-refractivity contribution is 0.0479. The molecule has 716 valence electrons. The van der Waals surface area contributed by atoms with Gasteiger partial charge in [0.25, 0.3) is 33.7 Å². The second kappa shape index (κ2) is 49.5. The number of amides is 8.